The van der Waals surface area contributed by atoms with Crippen molar-refractivity contribution >= 4 is 12.4 Å². The lowest BCUT2D eigenvalue weighted by molar-refractivity contribution is -0.152. The maximum Gasteiger partial charge on any atom is 0.338 e. The van der Waals surface area contributed by atoms with Gasteiger partial charge in [-0.2, -0.15) is 10.0 Å². The first-order chi connectivity index (χ1) is 11.1. The number of carbonyl (C=O) groups excluding carboxylic acids is 2. The summed E-state index contributed by atoms with van der Waals surface area (Å²) in [7, 11) is 0. The fourth-order valence-corrected chi connectivity index (χ4v) is 3.03. The molecule has 2 aliphatic rings. The van der Waals surface area contributed by atoms with Crippen molar-refractivity contribution in [2.24, 2.45) is 0 Å². The van der Waals surface area contributed by atoms with Crippen molar-refractivity contribution < 1.29 is 19.1 Å². The Labute approximate surface area is 137 Å². The van der Waals surface area contributed by atoms with Crippen molar-refractivity contribution in [3.05, 3.63) is 0 Å². The molecule has 2 atom stereocenters. The van der Waals surface area contributed by atoms with Crippen molar-refractivity contribution in [2.75, 3.05) is 52.6 Å². The molecule has 1 N–H and O–H groups in total. The molecule has 2 aliphatic heterocycles. The molecule has 8 heteroatoms. The van der Waals surface area contributed by atoms with E-state index in [1.165, 1.54) is 0 Å². The molecule has 2 fully saturated rings. The van der Waals surface area contributed by atoms with Gasteiger partial charge < -0.3 is 14.8 Å². The highest BCUT2D eigenvalue weighted by Gasteiger charge is 2.33. The zero-order chi connectivity index (χ0) is 16.7. The fraction of sp³-hybridized carbons (Fsp3) is 0.867. The summed E-state index contributed by atoms with van der Waals surface area (Å²) in [4.78, 5) is 26.0. The average molecular weight is 328 g/mol. The Bertz CT molecular complexity index is 380. The number of rotatable bonds is 6. The minimum absolute atomic E-state index is 0.0111. The van der Waals surface area contributed by atoms with Crippen LogP contribution in [0.2, 0.25) is 0 Å². The van der Waals surface area contributed by atoms with Gasteiger partial charge in [0, 0.05) is 19.6 Å². The van der Waals surface area contributed by atoms with Crippen molar-refractivity contribution in [3.8, 4) is 0 Å². The van der Waals surface area contributed by atoms with Gasteiger partial charge in [0.25, 0.3) is 0 Å². The molecule has 2 rings (SSSR count). The summed E-state index contributed by atoms with van der Waals surface area (Å²) >= 11 is 0. The molecule has 0 aliphatic carbocycles. The number of nitrogens with zero attached hydrogens (tertiary/aromatic N) is 3. The molecule has 0 aromatic heterocycles. The van der Waals surface area contributed by atoms with Gasteiger partial charge in [-0.25, -0.2) is 4.79 Å². The molecule has 3 amide bonds. The minimum Gasteiger partial charge on any atom is -0.379 e. The highest BCUT2D eigenvalue weighted by molar-refractivity contribution is 5.84. The molecule has 0 spiro atoms. The summed E-state index contributed by atoms with van der Waals surface area (Å²) in [5, 5.41) is 5.76. The second kappa shape index (κ2) is 9.17. The van der Waals surface area contributed by atoms with Crippen LogP contribution in [0.25, 0.3) is 0 Å². The SMILES string of the molecule is CC1COCC(C)N1N(C=O)C(=O)NCCCN1CCOCC1. The van der Waals surface area contributed by atoms with Crippen LogP contribution in [0.1, 0.15) is 20.3 Å². The highest BCUT2D eigenvalue weighted by atomic mass is 16.5. The Morgan fingerprint density at radius 1 is 1.22 bits per heavy atom. The van der Waals surface area contributed by atoms with E-state index in [4.69, 9.17) is 9.47 Å². The number of urea groups is 1. The maximum absolute atomic E-state index is 12.3. The summed E-state index contributed by atoms with van der Waals surface area (Å²) in [6.45, 7) is 9.82. The number of morpholine rings is 2. The molecule has 8 nitrogen and oxygen atoms in total. The number of ether oxygens (including phenoxy) is 2. The van der Waals surface area contributed by atoms with E-state index < -0.39 is 0 Å². The molecule has 2 unspecified atom stereocenters. The van der Waals surface area contributed by atoms with Gasteiger partial charge in [-0.1, -0.05) is 0 Å². The Balaban J connectivity index is 1.74. The molecule has 2 heterocycles. The molecule has 0 aromatic carbocycles. The van der Waals surface area contributed by atoms with Crippen LogP contribution in [0, 0.1) is 0 Å². The Kier molecular flexibility index (Phi) is 7.22. The Morgan fingerprint density at radius 2 is 1.87 bits per heavy atom. The highest BCUT2D eigenvalue weighted by Crippen LogP contribution is 2.15. The second-order valence-corrected chi connectivity index (χ2v) is 6.10. The summed E-state index contributed by atoms with van der Waals surface area (Å²) < 4.78 is 10.7. The average Bonchev–Trinajstić information content (AvgIpc) is 2.56. The third-order valence-corrected chi connectivity index (χ3v) is 4.21. The lowest BCUT2D eigenvalue weighted by Crippen LogP contribution is -2.61. The summed E-state index contributed by atoms with van der Waals surface area (Å²) in [5.41, 5.74) is 0. The van der Waals surface area contributed by atoms with Gasteiger partial charge in [0.1, 0.15) is 0 Å². The van der Waals surface area contributed by atoms with Crippen LogP contribution in [0.15, 0.2) is 0 Å². The zero-order valence-electron chi connectivity index (χ0n) is 14.1. The van der Waals surface area contributed by atoms with Gasteiger partial charge in [-0.3, -0.25) is 9.69 Å². The third kappa shape index (κ3) is 5.13. The smallest absolute Gasteiger partial charge is 0.338 e. The monoisotopic (exact) mass is 328 g/mol. The molecule has 0 bridgehead atoms. The lowest BCUT2D eigenvalue weighted by Gasteiger charge is -2.42. The van der Waals surface area contributed by atoms with Crippen molar-refractivity contribution in [1.82, 2.24) is 20.2 Å². The van der Waals surface area contributed by atoms with E-state index in [-0.39, 0.29) is 18.1 Å². The van der Waals surface area contributed by atoms with Gasteiger partial charge in [0.15, 0.2) is 0 Å². The molecule has 23 heavy (non-hydrogen) atoms. The van der Waals surface area contributed by atoms with Crippen molar-refractivity contribution in [3.63, 3.8) is 0 Å². The van der Waals surface area contributed by atoms with Crippen molar-refractivity contribution in [1.29, 1.82) is 0 Å². The molecule has 2 saturated heterocycles. The van der Waals surface area contributed by atoms with Crippen LogP contribution in [-0.2, 0) is 14.3 Å². The van der Waals surface area contributed by atoms with Crippen LogP contribution in [-0.4, -0.2) is 92.0 Å². The van der Waals surface area contributed by atoms with Crippen LogP contribution < -0.4 is 5.32 Å². The first kappa shape index (κ1) is 18.1. The molecule has 132 valence electrons. The molecule has 0 saturated carbocycles. The van der Waals surface area contributed by atoms with Gasteiger partial charge in [0.05, 0.1) is 38.5 Å². The number of hydrogen-bond acceptors (Lipinski definition) is 6. The van der Waals surface area contributed by atoms with Crippen LogP contribution in [0.4, 0.5) is 4.79 Å². The summed E-state index contributed by atoms with van der Waals surface area (Å²) in [6.07, 6.45) is 1.43. The first-order valence-corrected chi connectivity index (χ1v) is 8.32. The van der Waals surface area contributed by atoms with E-state index in [1.807, 2.05) is 13.8 Å². The molecule has 0 aromatic rings. The van der Waals surface area contributed by atoms with Crippen molar-refractivity contribution in [2.45, 2.75) is 32.4 Å². The van der Waals surface area contributed by atoms with Gasteiger partial charge in [0.2, 0.25) is 6.41 Å². The number of nitrogens with one attached hydrogen (secondary N) is 1. The normalized spacial score (nSPS) is 26.7. The predicted octanol–water partition coefficient (Wildman–Crippen LogP) is -0.0991. The van der Waals surface area contributed by atoms with Gasteiger partial charge in [-0.05, 0) is 26.8 Å². The van der Waals surface area contributed by atoms with E-state index in [1.54, 1.807) is 5.01 Å². The first-order valence-electron chi connectivity index (χ1n) is 8.32. The van der Waals surface area contributed by atoms with E-state index in [0.29, 0.717) is 26.2 Å². The minimum atomic E-state index is -0.373. The fourth-order valence-electron chi connectivity index (χ4n) is 3.03. The number of imide groups is 1. The standard InChI is InChI=1S/C15H28N4O4/c1-13-10-23-11-14(2)19(13)18(12-20)15(21)16-4-3-5-17-6-8-22-9-7-17/h12-14H,3-11H2,1-2H3,(H,16,21). The molecular formula is C15H28N4O4. The van der Waals surface area contributed by atoms with E-state index in [2.05, 4.69) is 10.2 Å². The topological polar surface area (TPSA) is 74.4 Å². The largest absolute Gasteiger partial charge is 0.379 e. The molecule has 0 radical (unpaired) electrons. The summed E-state index contributed by atoms with van der Waals surface area (Å²) in [6, 6.07) is -0.395. The van der Waals surface area contributed by atoms with Gasteiger partial charge in [-0.15, -0.1) is 0 Å². The van der Waals surface area contributed by atoms with Crippen LogP contribution in [0.3, 0.4) is 0 Å². The number of carbonyl (C=O) groups is 2. The van der Waals surface area contributed by atoms with Crippen LogP contribution >= 0.6 is 0 Å². The lowest BCUT2D eigenvalue weighted by atomic mass is 10.2. The van der Waals surface area contributed by atoms with Gasteiger partial charge >= 0.3 is 6.03 Å². The Hall–Kier alpha value is -1.22. The Morgan fingerprint density at radius 3 is 2.48 bits per heavy atom. The summed E-state index contributed by atoms with van der Waals surface area (Å²) in [5.74, 6) is 0. The van der Waals surface area contributed by atoms with E-state index >= 15 is 0 Å². The molecular weight excluding hydrogens is 300 g/mol. The zero-order valence-corrected chi connectivity index (χ0v) is 14.1. The number of hydrazine groups is 1. The quantitative estimate of drug-likeness (QED) is 0.542. The van der Waals surface area contributed by atoms with E-state index in [0.717, 1.165) is 44.3 Å². The predicted molar refractivity (Wildman–Crippen MR) is 84.8 cm³/mol. The third-order valence-electron chi connectivity index (χ3n) is 4.21. The van der Waals surface area contributed by atoms with E-state index in [9.17, 15) is 9.59 Å². The number of amides is 3. The number of hydrogen-bond donors (Lipinski definition) is 1. The maximum atomic E-state index is 12.3. The van der Waals surface area contributed by atoms with Crippen LogP contribution in [0.5, 0.6) is 0 Å². The second-order valence-electron chi connectivity index (χ2n) is 6.10.